The third kappa shape index (κ3) is 3.36. The van der Waals surface area contributed by atoms with E-state index in [1.807, 2.05) is 27.7 Å². The Morgan fingerprint density at radius 2 is 2.12 bits per heavy atom. The molecule has 1 atom stereocenters. The molecular formula is C18H24FN5O2. The second kappa shape index (κ2) is 6.26. The van der Waals surface area contributed by atoms with Crippen LogP contribution in [0, 0.1) is 5.82 Å². The molecule has 2 aromatic heterocycles. The maximum Gasteiger partial charge on any atom is 0.411 e. The number of carbonyl (C=O) groups excluding carboxylic acids is 1. The minimum Gasteiger partial charge on any atom is -0.444 e. The summed E-state index contributed by atoms with van der Waals surface area (Å²) in [6.07, 6.45) is 5.81. The molecule has 0 saturated carbocycles. The highest BCUT2D eigenvalue weighted by molar-refractivity contribution is 5.70. The van der Waals surface area contributed by atoms with Crippen molar-refractivity contribution < 1.29 is 13.9 Å². The Morgan fingerprint density at radius 3 is 2.77 bits per heavy atom. The molecular weight excluding hydrogens is 337 g/mol. The summed E-state index contributed by atoms with van der Waals surface area (Å²) < 4.78 is 21.2. The first-order valence-electron chi connectivity index (χ1n) is 8.57. The molecule has 1 saturated heterocycles. The Bertz CT molecular complexity index is 829. The van der Waals surface area contributed by atoms with Gasteiger partial charge in [0.1, 0.15) is 11.9 Å². The standard InChI is InChI=1S/C18H24FN5O2/c1-17(2,3)26-16(25)24-7-5-6-18(24,4)14-10-23(11-22-14)15-13(19)8-12(20)9-21-15/h8-11H,5-7,20H2,1-4H3. The number of hydrogen-bond acceptors (Lipinski definition) is 5. The van der Waals surface area contributed by atoms with E-state index in [1.165, 1.54) is 23.2 Å². The van der Waals surface area contributed by atoms with Crippen LogP contribution < -0.4 is 5.73 Å². The average molecular weight is 361 g/mol. The summed E-state index contributed by atoms with van der Waals surface area (Å²) in [6.45, 7) is 8.05. The molecule has 8 heteroatoms. The SMILES string of the molecule is CC(C)(C)OC(=O)N1CCCC1(C)c1cn(-c2ncc(N)cc2F)cn1. The zero-order valence-corrected chi connectivity index (χ0v) is 15.5. The lowest BCUT2D eigenvalue weighted by Crippen LogP contribution is -2.45. The minimum atomic E-state index is -0.613. The van der Waals surface area contributed by atoms with Crippen molar-refractivity contribution in [1.29, 1.82) is 0 Å². The predicted molar refractivity (Wildman–Crippen MR) is 95.3 cm³/mol. The molecule has 2 aromatic rings. The first-order valence-corrected chi connectivity index (χ1v) is 8.57. The van der Waals surface area contributed by atoms with Gasteiger partial charge in [0, 0.05) is 18.8 Å². The fourth-order valence-corrected chi connectivity index (χ4v) is 3.19. The Balaban J connectivity index is 1.90. The van der Waals surface area contributed by atoms with Gasteiger partial charge in [-0.15, -0.1) is 0 Å². The number of amides is 1. The molecule has 1 fully saturated rings. The fraction of sp³-hybridized carbons (Fsp3) is 0.500. The molecule has 2 N–H and O–H groups in total. The maximum atomic E-state index is 14.1. The molecule has 3 rings (SSSR count). The molecule has 26 heavy (non-hydrogen) atoms. The van der Waals surface area contributed by atoms with E-state index in [4.69, 9.17) is 10.5 Å². The lowest BCUT2D eigenvalue weighted by Gasteiger charge is -2.35. The van der Waals surface area contributed by atoms with E-state index in [2.05, 4.69) is 9.97 Å². The van der Waals surface area contributed by atoms with Gasteiger partial charge < -0.3 is 10.5 Å². The third-order valence-corrected chi connectivity index (χ3v) is 4.48. The molecule has 0 spiro atoms. The van der Waals surface area contributed by atoms with Crippen LogP contribution in [-0.2, 0) is 10.3 Å². The van der Waals surface area contributed by atoms with E-state index in [0.29, 0.717) is 12.2 Å². The van der Waals surface area contributed by atoms with Crippen molar-refractivity contribution in [3.63, 3.8) is 0 Å². The van der Waals surface area contributed by atoms with Crippen LogP contribution in [0.5, 0.6) is 0 Å². The Morgan fingerprint density at radius 1 is 1.38 bits per heavy atom. The molecule has 7 nitrogen and oxygen atoms in total. The van der Waals surface area contributed by atoms with Gasteiger partial charge in [0.2, 0.25) is 0 Å². The van der Waals surface area contributed by atoms with Crippen molar-refractivity contribution in [2.45, 2.75) is 51.7 Å². The van der Waals surface area contributed by atoms with Gasteiger partial charge in [-0.25, -0.2) is 19.2 Å². The van der Waals surface area contributed by atoms with Crippen LogP contribution in [0.4, 0.5) is 14.9 Å². The molecule has 1 amide bonds. The second-order valence-corrected chi connectivity index (χ2v) is 7.75. The van der Waals surface area contributed by atoms with Gasteiger partial charge in [0.05, 0.1) is 23.1 Å². The molecule has 0 bridgehead atoms. The van der Waals surface area contributed by atoms with Gasteiger partial charge in [-0.1, -0.05) is 0 Å². The van der Waals surface area contributed by atoms with Crippen LogP contribution >= 0.6 is 0 Å². The number of likely N-dealkylation sites (tertiary alicyclic amines) is 1. The van der Waals surface area contributed by atoms with Crippen molar-refractivity contribution >= 4 is 11.8 Å². The molecule has 1 aliphatic heterocycles. The van der Waals surface area contributed by atoms with Gasteiger partial charge in [-0.2, -0.15) is 0 Å². The number of ether oxygens (including phenoxy) is 1. The number of imidazole rings is 1. The number of anilines is 1. The molecule has 0 radical (unpaired) electrons. The number of rotatable bonds is 2. The van der Waals surface area contributed by atoms with E-state index < -0.39 is 17.0 Å². The van der Waals surface area contributed by atoms with Crippen LogP contribution in [0.1, 0.15) is 46.2 Å². The molecule has 140 valence electrons. The third-order valence-electron chi connectivity index (χ3n) is 4.48. The Kier molecular flexibility index (Phi) is 4.37. The highest BCUT2D eigenvalue weighted by Gasteiger charge is 2.44. The molecule has 0 aliphatic carbocycles. The molecule has 3 heterocycles. The number of pyridine rings is 1. The highest BCUT2D eigenvalue weighted by Crippen LogP contribution is 2.38. The Hall–Kier alpha value is -2.64. The van der Waals surface area contributed by atoms with E-state index >= 15 is 0 Å². The minimum absolute atomic E-state index is 0.114. The van der Waals surface area contributed by atoms with E-state index in [0.717, 1.165) is 12.8 Å². The number of nitrogen functional groups attached to an aromatic ring is 1. The smallest absolute Gasteiger partial charge is 0.411 e. The van der Waals surface area contributed by atoms with Crippen LogP contribution in [0.3, 0.4) is 0 Å². The van der Waals surface area contributed by atoms with E-state index in [9.17, 15) is 9.18 Å². The zero-order chi connectivity index (χ0) is 19.1. The normalized spacial score (nSPS) is 20.4. The van der Waals surface area contributed by atoms with Crippen molar-refractivity contribution in [3.8, 4) is 5.82 Å². The summed E-state index contributed by atoms with van der Waals surface area (Å²) in [5.41, 5.74) is 5.28. The van der Waals surface area contributed by atoms with Gasteiger partial charge in [-0.05, 0) is 40.5 Å². The fourth-order valence-electron chi connectivity index (χ4n) is 3.19. The lowest BCUT2D eigenvalue weighted by molar-refractivity contribution is 0.00932. The zero-order valence-electron chi connectivity index (χ0n) is 15.5. The quantitative estimate of drug-likeness (QED) is 0.887. The van der Waals surface area contributed by atoms with Gasteiger partial charge >= 0.3 is 6.09 Å². The predicted octanol–water partition coefficient (Wildman–Crippen LogP) is 3.23. The first-order chi connectivity index (χ1) is 12.1. The number of hydrogen-bond donors (Lipinski definition) is 1. The summed E-state index contributed by atoms with van der Waals surface area (Å²) >= 11 is 0. The average Bonchev–Trinajstić information content (AvgIpc) is 3.13. The van der Waals surface area contributed by atoms with Crippen molar-refractivity contribution in [2.24, 2.45) is 0 Å². The van der Waals surface area contributed by atoms with Crippen molar-refractivity contribution in [2.75, 3.05) is 12.3 Å². The molecule has 0 aromatic carbocycles. The summed E-state index contributed by atoms with van der Waals surface area (Å²) in [5, 5.41) is 0. The largest absolute Gasteiger partial charge is 0.444 e. The summed E-state index contributed by atoms with van der Waals surface area (Å²) in [7, 11) is 0. The maximum absolute atomic E-state index is 14.1. The molecule has 1 unspecified atom stereocenters. The van der Waals surface area contributed by atoms with Gasteiger partial charge in [-0.3, -0.25) is 9.47 Å². The number of halogens is 1. The number of carbonyl (C=O) groups is 1. The first kappa shape index (κ1) is 18.2. The highest BCUT2D eigenvalue weighted by atomic mass is 19.1. The van der Waals surface area contributed by atoms with Gasteiger partial charge in [0.25, 0.3) is 0 Å². The monoisotopic (exact) mass is 361 g/mol. The number of aromatic nitrogens is 3. The van der Waals surface area contributed by atoms with Crippen LogP contribution in [0.25, 0.3) is 5.82 Å². The Labute approximate surface area is 152 Å². The van der Waals surface area contributed by atoms with Gasteiger partial charge in [0.15, 0.2) is 11.6 Å². The van der Waals surface area contributed by atoms with Crippen LogP contribution in [0.2, 0.25) is 0 Å². The lowest BCUT2D eigenvalue weighted by atomic mass is 9.95. The van der Waals surface area contributed by atoms with Crippen molar-refractivity contribution in [1.82, 2.24) is 19.4 Å². The number of nitrogens with zero attached hydrogens (tertiary/aromatic N) is 4. The van der Waals surface area contributed by atoms with Crippen LogP contribution in [-0.4, -0.2) is 37.7 Å². The van der Waals surface area contributed by atoms with Crippen molar-refractivity contribution in [3.05, 3.63) is 36.3 Å². The van der Waals surface area contributed by atoms with E-state index in [1.54, 1.807) is 11.1 Å². The topological polar surface area (TPSA) is 86.3 Å². The summed E-state index contributed by atoms with van der Waals surface area (Å²) in [4.78, 5) is 22.7. The van der Waals surface area contributed by atoms with E-state index in [-0.39, 0.29) is 17.6 Å². The summed E-state index contributed by atoms with van der Waals surface area (Å²) in [5.74, 6) is -0.419. The van der Waals surface area contributed by atoms with Crippen LogP contribution in [0.15, 0.2) is 24.8 Å². The summed E-state index contributed by atoms with van der Waals surface area (Å²) in [6, 6.07) is 1.21. The molecule has 1 aliphatic rings. The second-order valence-electron chi connectivity index (χ2n) is 7.75. The number of nitrogens with two attached hydrogens (primary N) is 1.